The third-order valence-corrected chi connectivity index (χ3v) is 3.43. The van der Waals surface area contributed by atoms with Gasteiger partial charge in [0.05, 0.1) is 6.07 Å². The fourth-order valence-corrected chi connectivity index (χ4v) is 1.99. The number of carboxylic acid groups (broad SMARTS) is 1. The Hall–Kier alpha value is -2.35. The molecule has 0 aromatic heterocycles. The number of carboxylic acids is 1. The van der Waals surface area contributed by atoms with E-state index in [9.17, 15) is 9.59 Å². The SMILES string of the molecule is C[C@H](C#N)C[C@H](NC(=O)c1ccc(C(C)(C)C)cc1)C(=O)O. The van der Waals surface area contributed by atoms with Crippen molar-refractivity contribution in [3.63, 3.8) is 0 Å². The molecule has 1 amide bonds. The first-order valence-electron chi connectivity index (χ1n) is 7.19. The van der Waals surface area contributed by atoms with Crippen LogP contribution in [0.1, 0.15) is 50.0 Å². The maximum atomic E-state index is 12.1. The molecule has 22 heavy (non-hydrogen) atoms. The van der Waals surface area contributed by atoms with E-state index >= 15 is 0 Å². The van der Waals surface area contributed by atoms with Crippen molar-refractivity contribution in [3.8, 4) is 6.07 Å². The molecule has 0 aliphatic heterocycles. The van der Waals surface area contributed by atoms with E-state index in [2.05, 4.69) is 26.1 Å². The Labute approximate surface area is 131 Å². The fourth-order valence-electron chi connectivity index (χ4n) is 1.99. The van der Waals surface area contributed by atoms with Gasteiger partial charge >= 0.3 is 5.97 Å². The summed E-state index contributed by atoms with van der Waals surface area (Å²) in [5, 5.41) is 20.4. The van der Waals surface area contributed by atoms with Gasteiger partial charge < -0.3 is 10.4 Å². The Balaban J connectivity index is 2.82. The van der Waals surface area contributed by atoms with E-state index in [0.717, 1.165) is 5.56 Å². The Bertz CT molecular complexity index is 579. The molecule has 0 bridgehead atoms. The molecule has 0 spiro atoms. The molecule has 0 radical (unpaired) electrons. The third kappa shape index (κ3) is 4.88. The Morgan fingerprint density at radius 2 is 1.82 bits per heavy atom. The first kappa shape index (κ1) is 17.7. The number of carbonyl (C=O) groups excluding carboxylic acids is 1. The standard InChI is InChI=1S/C17H22N2O3/c1-11(10-18)9-14(16(21)22)19-15(20)12-5-7-13(8-6-12)17(2,3)4/h5-8,11,14H,9H2,1-4H3,(H,19,20)(H,21,22)/t11-,14-/m0/s1. The average molecular weight is 302 g/mol. The predicted molar refractivity (Wildman–Crippen MR) is 83.4 cm³/mol. The summed E-state index contributed by atoms with van der Waals surface area (Å²) in [6.07, 6.45) is 0.0810. The number of nitrogens with one attached hydrogen (secondary N) is 1. The smallest absolute Gasteiger partial charge is 0.326 e. The van der Waals surface area contributed by atoms with Crippen LogP contribution >= 0.6 is 0 Å². The van der Waals surface area contributed by atoms with E-state index in [1.54, 1.807) is 19.1 Å². The minimum absolute atomic E-state index is 0.0131. The summed E-state index contributed by atoms with van der Waals surface area (Å²) in [6.45, 7) is 7.85. The highest BCUT2D eigenvalue weighted by atomic mass is 16.4. The summed E-state index contributed by atoms with van der Waals surface area (Å²) in [5.74, 6) is -2.02. The van der Waals surface area contributed by atoms with E-state index in [0.29, 0.717) is 5.56 Å². The second-order valence-electron chi connectivity index (χ2n) is 6.46. The molecule has 0 unspecified atom stereocenters. The molecule has 5 nitrogen and oxygen atoms in total. The molecular weight excluding hydrogens is 280 g/mol. The fraction of sp³-hybridized carbons (Fsp3) is 0.471. The van der Waals surface area contributed by atoms with Gasteiger partial charge in [0, 0.05) is 11.5 Å². The molecule has 118 valence electrons. The van der Waals surface area contributed by atoms with Crippen LogP contribution in [0.5, 0.6) is 0 Å². The molecule has 0 saturated carbocycles. The molecule has 1 rings (SSSR count). The number of benzene rings is 1. The lowest BCUT2D eigenvalue weighted by Crippen LogP contribution is -2.41. The van der Waals surface area contributed by atoms with Gasteiger partial charge in [0.25, 0.3) is 5.91 Å². The number of nitrogens with zero attached hydrogens (tertiary/aromatic N) is 1. The maximum absolute atomic E-state index is 12.1. The monoisotopic (exact) mass is 302 g/mol. The van der Waals surface area contributed by atoms with Gasteiger partial charge in [0.2, 0.25) is 0 Å². The summed E-state index contributed by atoms with van der Waals surface area (Å²) in [7, 11) is 0. The molecule has 5 heteroatoms. The lowest BCUT2D eigenvalue weighted by atomic mass is 9.86. The number of aliphatic carboxylic acids is 1. The van der Waals surface area contributed by atoms with Crippen LogP contribution < -0.4 is 5.32 Å². The molecule has 1 aromatic rings. The molecule has 0 saturated heterocycles. The second kappa shape index (κ2) is 7.08. The van der Waals surface area contributed by atoms with E-state index in [4.69, 9.17) is 10.4 Å². The normalized spacial score (nSPS) is 13.8. The van der Waals surface area contributed by atoms with Gasteiger partial charge in [0.1, 0.15) is 6.04 Å². The number of nitriles is 1. The van der Waals surface area contributed by atoms with Crippen LogP contribution in [0.4, 0.5) is 0 Å². The first-order valence-corrected chi connectivity index (χ1v) is 7.19. The zero-order chi connectivity index (χ0) is 16.9. The van der Waals surface area contributed by atoms with Gasteiger partial charge in [-0.1, -0.05) is 32.9 Å². The van der Waals surface area contributed by atoms with Crippen LogP contribution in [0, 0.1) is 17.2 Å². The number of hydrogen-bond acceptors (Lipinski definition) is 3. The average Bonchev–Trinajstić information content (AvgIpc) is 2.45. The van der Waals surface area contributed by atoms with Gasteiger partial charge in [-0.2, -0.15) is 5.26 Å². The lowest BCUT2D eigenvalue weighted by Gasteiger charge is -2.19. The van der Waals surface area contributed by atoms with Gasteiger partial charge in [-0.05, 0) is 36.5 Å². The summed E-state index contributed by atoms with van der Waals surface area (Å²) >= 11 is 0. The van der Waals surface area contributed by atoms with Crippen molar-refractivity contribution < 1.29 is 14.7 Å². The molecule has 2 atom stereocenters. The maximum Gasteiger partial charge on any atom is 0.326 e. The molecule has 0 heterocycles. The van der Waals surface area contributed by atoms with Crippen LogP contribution in [0.25, 0.3) is 0 Å². The van der Waals surface area contributed by atoms with E-state index in [1.807, 2.05) is 18.2 Å². The van der Waals surface area contributed by atoms with Crippen molar-refractivity contribution in [2.45, 2.75) is 45.6 Å². The van der Waals surface area contributed by atoms with E-state index in [1.165, 1.54) is 0 Å². The molecule has 0 aliphatic carbocycles. The van der Waals surface area contributed by atoms with Crippen molar-refractivity contribution in [3.05, 3.63) is 35.4 Å². The van der Waals surface area contributed by atoms with Gasteiger partial charge in [-0.15, -0.1) is 0 Å². The Morgan fingerprint density at radius 1 is 1.27 bits per heavy atom. The highest BCUT2D eigenvalue weighted by Crippen LogP contribution is 2.22. The summed E-state index contributed by atoms with van der Waals surface area (Å²) in [5.41, 5.74) is 1.49. The van der Waals surface area contributed by atoms with Crippen LogP contribution in [0.3, 0.4) is 0 Å². The Kier molecular flexibility index (Phi) is 5.69. The number of rotatable bonds is 5. The molecular formula is C17H22N2O3. The Morgan fingerprint density at radius 3 is 2.23 bits per heavy atom. The zero-order valence-corrected chi connectivity index (χ0v) is 13.4. The first-order chi connectivity index (χ1) is 10.1. The molecule has 2 N–H and O–H groups in total. The zero-order valence-electron chi connectivity index (χ0n) is 13.4. The van der Waals surface area contributed by atoms with Gasteiger partial charge in [-0.3, -0.25) is 4.79 Å². The van der Waals surface area contributed by atoms with Crippen LogP contribution in [-0.4, -0.2) is 23.0 Å². The van der Waals surface area contributed by atoms with Crippen molar-refractivity contribution in [2.75, 3.05) is 0 Å². The molecule has 1 aromatic carbocycles. The largest absolute Gasteiger partial charge is 0.480 e. The minimum Gasteiger partial charge on any atom is -0.480 e. The van der Waals surface area contributed by atoms with Crippen LogP contribution in [-0.2, 0) is 10.2 Å². The minimum atomic E-state index is -1.14. The van der Waals surface area contributed by atoms with E-state index in [-0.39, 0.29) is 11.8 Å². The topological polar surface area (TPSA) is 90.2 Å². The van der Waals surface area contributed by atoms with E-state index < -0.39 is 23.8 Å². The molecule has 0 aliphatic rings. The lowest BCUT2D eigenvalue weighted by molar-refractivity contribution is -0.139. The van der Waals surface area contributed by atoms with Crippen molar-refractivity contribution in [1.29, 1.82) is 5.26 Å². The highest BCUT2D eigenvalue weighted by molar-refractivity contribution is 5.96. The van der Waals surface area contributed by atoms with Crippen molar-refractivity contribution in [1.82, 2.24) is 5.32 Å². The van der Waals surface area contributed by atoms with Crippen molar-refractivity contribution >= 4 is 11.9 Å². The van der Waals surface area contributed by atoms with Crippen LogP contribution in [0.2, 0.25) is 0 Å². The van der Waals surface area contributed by atoms with Gasteiger partial charge in [0.15, 0.2) is 0 Å². The van der Waals surface area contributed by atoms with Gasteiger partial charge in [-0.25, -0.2) is 4.79 Å². The number of carbonyl (C=O) groups is 2. The third-order valence-electron chi connectivity index (χ3n) is 3.43. The van der Waals surface area contributed by atoms with Crippen molar-refractivity contribution in [2.24, 2.45) is 5.92 Å². The number of hydrogen-bond donors (Lipinski definition) is 2. The second-order valence-corrected chi connectivity index (χ2v) is 6.46. The quantitative estimate of drug-likeness (QED) is 0.875. The molecule has 0 fully saturated rings. The highest BCUT2D eigenvalue weighted by Gasteiger charge is 2.23. The predicted octanol–water partition coefficient (Wildman–Crippen LogP) is 2.72. The summed E-state index contributed by atoms with van der Waals surface area (Å²) in [4.78, 5) is 23.3. The number of amides is 1. The summed E-state index contributed by atoms with van der Waals surface area (Å²) < 4.78 is 0. The van der Waals surface area contributed by atoms with Crippen LogP contribution in [0.15, 0.2) is 24.3 Å². The summed E-state index contributed by atoms with van der Waals surface area (Å²) in [6, 6.07) is 8.00.